The summed E-state index contributed by atoms with van der Waals surface area (Å²) in [5.74, 6) is 0.356. The summed E-state index contributed by atoms with van der Waals surface area (Å²) in [6, 6.07) is 2.99. The number of aliphatic imine (C=N–C) groups is 1. The Bertz CT molecular complexity index is 461. The summed E-state index contributed by atoms with van der Waals surface area (Å²) < 4.78 is 40.5. The Balaban J connectivity index is 0.00000441. The van der Waals surface area contributed by atoms with Gasteiger partial charge in [-0.1, -0.05) is 6.07 Å². The second-order valence-electron chi connectivity index (χ2n) is 4.26. The molecule has 0 aromatic carbocycles. The Morgan fingerprint density at radius 1 is 1.32 bits per heavy atom. The van der Waals surface area contributed by atoms with Crippen molar-refractivity contribution in [2.45, 2.75) is 26.6 Å². The molecule has 0 unspecified atom stereocenters. The molecular formula is C13H20F3IN4O. The quantitative estimate of drug-likeness (QED) is 0.427. The summed E-state index contributed by atoms with van der Waals surface area (Å²) in [7, 11) is 0. The molecule has 0 radical (unpaired) electrons. The molecule has 1 aromatic rings. The van der Waals surface area contributed by atoms with Gasteiger partial charge in [-0.25, -0.2) is 9.98 Å². The molecule has 0 aliphatic carbocycles. The third-order valence-corrected chi connectivity index (χ3v) is 2.69. The Morgan fingerprint density at radius 2 is 1.95 bits per heavy atom. The molecule has 0 atom stereocenters. The molecule has 1 aromatic heterocycles. The van der Waals surface area contributed by atoms with Gasteiger partial charge in [0.25, 0.3) is 0 Å². The molecule has 0 spiro atoms. The second kappa shape index (κ2) is 9.70. The highest BCUT2D eigenvalue weighted by Crippen LogP contribution is 2.17. The number of rotatable bonds is 6. The zero-order chi connectivity index (χ0) is 15.9. The van der Waals surface area contributed by atoms with Crippen molar-refractivity contribution in [1.82, 2.24) is 9.88 Å². The summed E-state index contributed by atoms with van der Waals surface area (Å²) >= 11 is 0. The van der Waals surface area contributed by atoms with Crippen LogP contribution in [0.1, 0.15) is 19.4 Å². The maximum absolute atomic E-state index is 12.0. The largest absolute Gasteiger partial charge is 0.468 e. The zero-order valence-electron chi connectivity index (χ0n) is 12.4. The lowest BCUT2D eigenvalue weighted by Crippen LogP contribution is -2.37. The molecule has 1 rings (SSSR count). The van der Waals surface area contributed by atoms with Gasteiger partial charge in [0.2, 0.25) is 5.88 Å². The lowest BCUT2D eigenvalue weighted by atomic mass is 10.3. The average molecular weight is 432 g/mol. The van der Waals surface area contributed by atoms with Crippen molar-refractivity contribution >= 4 is 29.9 Å². The Morgan fingerprint density at radius 3 is 2.41 bits per heavy atom. The van der Waals surface area contributed by atoms with Crippen molar-refractivity contribution in [3.05, 3.63) is 23.9 Å². The van der Waals surface area contributed by atoms with E-state index in [1.54, 1.807) is 6.07 Å². The van der Waals surface area contributed by atoms with Gasteiger partial charge < -0.3 is 15.4 Å². The first-order valence-corrected chi connectivity index (χ1v) is 6.55. The fourth-order valence-electron chi connectivity index (χ4n) is 1.57. The molecule has 22 heavy (non-hydrogen) atoms. The van der Waals surface area contributed by atoms with Crippen LogP contribution in [-0.2, 0) is 6.54 Å². The Hall–Kier alpha value is -1.26. The lowest BCUT2D eigenvalue weighted by Gasteiger charge is -2.19. The number of halogens is 4. The van der Waals surface area contributed by atoms with Gasteiger partial charge in [-0.3, -0.25) is 0 Å². The highest BCUT2D eigenvalue weighted by molar-refractivity contribution is 14.0. The number of hydrogen-bond donors (Lipinski definition) is 1. The number of alkyl halides is 3. The molecule has 1 heterocycles. The summed E-state index contributed by atoms with van der Waals surface area (Å²) in [6.07, 6.45) is -2.95. The molecule has 0 aliphatic heterocycles. The second-order valence-corrected chi connectivity index (χ2v) is 4.26. The zero-order valence-corrected chi connectivity index (χ0v) is 14.8. The van der Waals surface area contributed by atoms with Crippen LogP contribution in [0.4, 0.5) is 13.2 Å². The van der Waals surface area contributed by atoms with Gasteiger partial charge in [-0.15, -0.1) is 24.0 Å². The first-order chi connectivity index (χ1) is 9.85. The molecule has 0 saturated heterocycles. The van der Waals surface area contributed by atoms with E-state index in [2.05, 4.69) is 14.7 Å². The molecule has 0 amide bonds. The van der Waals surface area contributed by atoms with Crippen LogP contribution in [0.5, 0.6) is 5.88 Å². The minimum Gasteiger partial charge on any atom is -0.468 e. The van der Waals surface area contributed by atoms with Crippen molar-refractivity contribution < 1.29 is 17.9 Å². The number of hydrogen-bond acceptors (Lipinski definition) is 3. The fraction of sp³-hybridized carbons (Fsp3) is 0.538. The molecule has 5 nitrogen and oxygen atoms in total. The number of guanidine groups is 1. The predicted molar refractivity (Wildman–Crippen MR) is 89.4 cm³/mol. The van der Waals surface area contributed by atoms with E-state index in [0.29, 0.717) is 12.5 Å². The van der Waals surface area contributed by atoms with Crippen LogP contribution in [0.25, 0.3) is 0 Å². The van der Waals surface area contributed by atoms with Gasteiger partial charge >= 0.3 is 6.18 Å². The number of nitrogens with two attached hydrogens (primary N) is 1. The third-order valence-electron chi connectivity index (χ3n) is 2.69. The third kappa shape index (κ3) is 7.66. The SMILES string of the molecule is CCN(CC)C(N)=NCc1ccc(OCC(F)(F)F)nc1.I. The average Bonchev–Trinajstić information content (AvgIpc) is 2.44. The van der Waals surface area contributed by atoms with E-state index >= 15 is 0 Å². The number of pyridine rings is 1. The number of nitrogens with zero attached hydrogens (tertiary/aromatic N) is 3. The van der Waals surface area contributed by atoms with Crippen LogP contribution in [0.2, 0.25) is 0 Å². The highest BCUT2D eigenvalue weighted by atomic mass is 127. The van der Waals surface area contributed by atoms with Crippen molar-refractivity contribution in [3.63, 3.8) is 0 Å². The van der Waals surface area contributed by atoms with Gasteiger partial charge in [0.1, 0.15) is 0 Å². The first-order valence-electron chi connectivity index (χ1n) is 6.55. The molecule has 0 bridgehead atoms. The summed E-state index contributed by atoms with van der Waals surface area (Å²) in [5.41, 5.74) is 6.56. The Kier molecular flexibility index (Phi) is 9.14. The van der Waals surface area contributed by atoms with Gasteiger partial charge in [-0.2, -0.15) is 13.2 Å². The van der Waals surface area contributed by atoms with E-state index in [1.165, 1.54) is 12.3 Å². The molecule has 0 aliphatic rings. The summed E-state index contributed by atoms with van der Waals surface area (Å²) in [6.45, 7) is 4.42. The summed E-state index contributed by atoms with van der Waals surface area (Å²) in [5, 5.41) is 0. The van der Waals surface area contributed by atoms with Crippen LogP contribution < -0.4 is 10.5 Å². The van der Waals surface area contributed by atoms with Crippen LogP contribution in [0.15, 0.2) is 23.3 Å². The maximum atomic E-state index is 12.0. The standard InChI is InChI=1S/C13H19F3N4O.HI/c1-3-20(4-2)12(17)19-8-10-5-6-11(18-7-10)21-9-13(14,15)16;/h5-7H,3-4,8-9H2,1-2H3,(H2,17,19);1H. The van der Waals surface area contributed by atoms with Crippen LogP contribution >= 0.6 is 24.0 Å². The van der Waals surface area contributed by atoms with Crippen molar-refractivity contribution in [2.24, 2.45) is 10.7 Å². The van der Waals surface area contributed by atoms with Crippen molar-refractivity contribution in [3.8, 4) is 5.88 Å². The van der Waals surface area contributed by atoms with E-state index in [9.17, 15) is 13.2 Å². The predicted octanol–water partition coefficient (Wildman–Crippen LogP) is 2.80. The van der Waals surface area contributed by atoms with Gasteiger partial charge in [0.05, 0.1) is 6.54 Å². The van der Waals surface area contributed by atoms with Crippen LogP contribution in [-0.4, -0.2) is 41.7 Å². The minimum atomic E-state index is -4.37. The number of aromatic nitrogens is 1. The normalized spacial score (nSPS) is 11.8. The first kappa shape index (κ1) is 20.7. The number of ether oxygens (including phenoxy) is 1. The Labute approximate surface area is 144 Å². The molecular weight excluding hydrogens is 412 g/mol. The van der Waals surface area contributed by atoms with E-state index < -0.39 is 12.8 Å². The lowest BCUT2D eigenvalue weighted by molar-refractivity contribution is -0.154. The maximum Gasteiger partial charge on any atom is 0.422 e. The van der Waals surface area contributed by atoms with E-state index in [-0.39, 0.29) is 29.9 Å². The van der Waals surface area contributed by atoms with E-state index in [4.69, 9.17) is 5.73 Å². The van der Waals surface area contributed by atoms with E-state index in [0.717, 1.165) is 18.7 Å². The van der Waals surface area contributed by atoms with Crippen molar-refractivity contribution in [2.75, 3.05) is 19.7 Å². The van der Waals surface area contributed by atoms with E-state index in [1.807, 2.05) is 18.7 Å². The highest BCUT2D eigenvalue weighted by Gasteiger charge is 2.28. The molecule has 126 valence electrons. The monoisotopic (exact) mass is 432 g/mol. The van der Waals surface area contributed by atoms with Crippen molar-refractivity contribution in [1.29, 1.82) is 0 Å². The van der Waals surface area contributed by atoms with Gasteiger partial charge in [-0.05, 0) is 19.4 Å². The molecule has 0 saturated carbocycles. The fourth-order valence-corrected chi connectivity index (χ4v) is 1.57. The van der Waals surface area contributed by atoms with Gasteiger partial charge in [0.15, 0.2) is 12.6 Å². The summed E-state index contributed by atoms with van der Waals surface area (Å²) in [4.78, 5) is 9.91. The van der Waals surface area contributed by atoms with Gasteiger partial charge in [0, 0.05) is 25.4 Å². The molecule has 2 N–H and O–H groups in total. The van der Waals surface area contributed by atoms with Crippen LogP contribution in [0.3, 0.4) is 0 Å². The molecule has 0 fully saturated rings. The smallest absolute Gasteiger partial charge is 0.422 e. The minimum absolute atomic E-state index is 0. The topological polar surface area (TPSA) is 63.7 Å². The molecule has 9 heteroatoms. The van der Waals surface area contributed by atoms with Crippen LogP contribution in [0, 0.1) is 0 Å².